The summed E-state index contributed by atoms with van der Waals surface area (Å²) in [4.78, 5) is 10.9. The number of aromatic nitrogens is 2. The quantitative estimate of drug-likeness (QED) is 0.792. The third kappa shape index (κ3) is 5.13. The van der Waals surface area contributed by atoms with Crippen LogP contribution in [-0.4, -0.2) is 58.9 Å². The Morgan fingerprint density at radius 2 is 2.05 bits per heavy atom. The van der Waals surface area contributed by atoms with Crippen molar-refractivity contribution in [3.8, 4) is 5.88 Å². The normalized spacial score (nSPS) is 17.1. The van der Waals surface area contributed by atoms with Crippen LogP contribution in [0.5, 0.6) is 5.88 Å². The zero-order valence-corrected chi connectivity index (χ0v) is 13.0. The minimum Gasteiger partial charge on any atom is -0.472 e. The fraction of sp³-hybridized carbons (Fsp3) is 0.733. The molecular weight excluding hydrogens is 268 g/mol. The number of anilines is 1. The molecule has 118 valence electrons. The number of rotatable bonds is 7. The van der Waals surface area contributed by atoms with Crippen molar-refractivity contribution >= 4 is 5.82 Å². The van der Waals surface area contributed by atoms with Gasteiger partial charge in [-0.15, -0.1) is 0 Å². The number of aliphatic hydroxyl groups is 1. The molecule has 1 aliphatic heterocycles. The van der Waals surface area contributed by atoms with E-state index in [1.165, 1.54) is 0 Å². The van der Waals surface area contributed by atoms with Crippen LogP contribution in [0, 0.1) is 5.92 Å². The van der Waals surface area contributed by atoms with Crippen LogP contribution in [0.2, 0.25) is 0 Å². The Morgan fingerprint density at radius 1 is 1.33 bits per heavy atom. The summed E-state index contributed by atoms with van der Waals surface area (Å²) in [6, 6.07) is 0. The Kier molecular flexibility index (Phi) is 6.20. The van der Waals surface area contributed by atoms with Crippen LogP contribution in [0.3, 0.4) is 0 Å². The molecule has 1 aromatic heterocycles. The maximum absolute atomic E-state index is 8.96. The predicted octanol–water partition coefficient (Wildman–Crippen LogP) is 1.38. The number of piperidine rings is 1. The first-order chi connectivity index (χ1) is 10.2. The summed E-state index contributed by atoms with van der Waals surface area (Å²) in [7, 11) is 0. The summed E-state index contributed by atoms with van der Waals surface area (Å²) in [5, 5.41) is 12.3. The van der Waals surface area contributed by atoms with Gasteiger partial charge in [-0.05, 0) is 45.7 Å². The van der Waals surface area contributed by atoms with Gasteiger partial charge in [-0.1, -0.05) is 0 Å². The van der Waals surface area contributed by atoms with E-state index in [-0.39, 0.29) is 12.7 Å². The number of likely N-dealkylation sites (tertiary alicyclic amines) is 1. The van der Waals surface area contributed by atoms with Crippen LogP contribution in [0.4, 0.5) is 5.82 Å². The summed E-state index contributed by atoms with van der Waals surface area (Å²) < 4.78 is 5.66. The molecule has 0 aliphatic carbocycles. The van der Waals surface area contributed by atoms with E-state index in [1.807, 2.05) is 13.8 Å². The molecule has 1 aliphatic rings. The number of nitrogens with one attached hydrogen (secondary N) is 1. The lowest BCUT2D eigenvalue weighted by Gasteiger charge is -2.31. The molecule has 2 heterocycles. The van der Waals surface area contributed by atoms with E-state index >= 15 is 0 Å². The molecule has 2 N–H and O–H groups in total. The highest BCUT2D eigenvalue weighted by Gasteiger charge is 2.19. The van der Waals surface area contributed by atoms with E-state index in [4.69, 9.17) is 9.84 Å². The van der Waals surface area contributed by atoms with Crippen molar-refractivity contribution in [2.45, 2.75) is 32.8 Å². The number of nitrogens with zero attached hydrogens (tertiary/aromatic N) is 3. The Balaban J connectivity index is 1.81. The minimum absolute atomic E-state index is 0.0870. The van der Waals surface area contributed by atoms with Gasteiger partial charge in [-0.3, -0.25) is 0 Å². The second-order valence-corrected chi connectivity index (χ2v) is 5.77. The van der Waals surface area contributed by atoms with Crippen molar-refractivity contribution in [3.05, 3.63) is 12.4 Å². The standard InChI is InChI=1S/C15H26N4O2/c1-12(2)21-15-14(16-5-6-17-15)18-11-13-3-7-19(8-4-13)9-10-20/h5-6,12-13,20H,3-4,7-11H2,1-2H3,(H,16,18). The summed E-state index contributed by atoms with van der Waals surface area (Å²) in [6.45, 7) is 8.01. The zero-order chi connectivity index (χ0) is 15.1. The van der Waals surface area contributed by atoms with Gasteiger partial charge in [0.05, 0.1) is 12.7 Å². The predicted molar refractivity (Wildman–Crippen MR) is 82.5 cm³/mol. The molecule has 1 saturated heterocycles. The van der Waals surface area contributed by atoms with Crippen molar-refractivity contribution in [3.63, 3.8) is 0 Å². The zero-order valence-electron chi connectivity index (χ0n) is 13.0. The maximum atomic E-state index is 8.96. The van der Waals surface area contributed by atoms with E-state index in [0.29, 0.717) is 11.8 Å². The van der Waals surface area contributed by atoms with Crippen molar-refractivity contribution in [2.75, 3.05) is 38.1 Å². The molecule has 21 heavy (non-hydrogen) atoms. The smallest absolute Gasteiger partial charge is 0.257 e. The van der Waals surface area contributed by atoms with Crippen molar-refractivity contribution in [1.29, 1.82) is 0 Å². The molecule has 1 aromatic rings. The second-order valence-electron chi connectivity index (χ2n) is 5.77. The fourth-order valence-corrected chi connectivity index (χ4v) is 2.55. The second kappa shape index (κ2) is 8.14. The summed E-state index contributed by atoms with van der Waals surface area (Å²) in [5.74, 6) is 1.93. The summed E-state index contributed by atoms with van der Waals surface area (Å²) in [5.41, 5.74) is 0. The number of hydrogen-bond donors (Lipinski definition) is 2. The molecule has 0 bridgehead atoms. The molecule has 1 fully saturated rings. The molecule has 0 unspecified atom stereocenters. The van der Waals surface area contributed by atoms with Gasteiger partial charge in [-0.25, -0.2) is 9.97 Å². The van der Waals surface area contributed by atoms with Crippen LogP contribution in [0.15, 0.2) is 12.4 Å². The van der Waals surface area contributed by atoms with Crippen LogP contribution in [-0.2, 0) is 0 Å². The van der Waals surface area contributed by atoms with E-state index in [9.17, 15) is 0 Å². The SMILES string of the molecule is CC(C)Oc1nccnc1NCC1CCN(CCO)CC1. The van der Waals surface area contributed by atoms with E-state index in [1.54, 1.807) is 12.4 Å². The first-order valence-electron chi connectivity index (χ1n) is 7.73. The molecular formula is C15H26N4O2. The highest BCUT2D eigenvalue weighted by atomic mass is 16.5. The Hall–Kier alpha value is -1.40. The van der Waals surface area contributed by atoms with Crippen LogP contribution in [0.25, 0.3) is 0 Å². The monoisotopic (exact) mass is 294 g/mol. The summed E-state index contributed by atoms with van der Waals surface area (Å²) >= 11 is 0. The van der Waals surface area contributed by atoms with Crippen LogP contribution >= 0.6 is 0 Å². The number of hydrogen-bond acceptors (Lipinski definition) is 6. The van der Waals surface area contributed by atoms with Gasteiger partial charge < -0.3 is 20.1 Å². The molecule has 0 aromatic carbocycles. The number of aliphatic hydroxyl groups excluding tert-OH is 1. The first-order valence-corrected chi connectivity index (χ1v) is 7.73. The van der Waals surface area contributed by atoms with Gasteiger partial charge in [0.1, 0.15) is 0 Å². The van der Waals surface area contributed by atoms with E-state index in [0.717, 1.165) is 44.8 Å². The van der Waals surface area contributed by atoms with Gasteiger partial charge in [-0.2, -0.15) is 0 Å². The van der Waals surface area contributed by atoms with Gasteiger partial charge in [0.15, 0.2) is 5.82 Å². The molecule has 0 amide bonds. The molecule has 6 nitrogen and oxygen atoms in total. The average molecular weight is 294 g/mol. The minimum atomic E-state index is 0.0870. The summed E-state index contributed by atoms with van der Waals surface area (Å²) in [6.07, 6.45) is 5.71. The largest absolute Gasteiger partial charge is 0.472 e. The van der Waals surface area contributed by atoms with Gasteiger partial charge in [0, 0.05) is 25.5 Å². The lowest BCUT2D eigenvalue weighted by atomic mass is 9.97. The van der Waals surface area contributed by atoms with Crippen LogP contribution in [0.1, 0.15) is 26.7 Å². The molecule has 0 radical (unpaired) electrons. The van der Waals surface area contributed by atoms with Gasteiger partial charge in [0.25, 0.3) is 5.88 Å². The van der Waals surface area contributed by atoms with Crippen LogP contribution < -0.4 is 10.1 Å². The molecule has 2 rings (SSSR count). The van der Waals surface area contributed by atoms with Gasteiger partial charge >= 0.3 is 0 Å². The van der Waals surface area contributed by atoms with E-state index < -0.39 is 0 Å². The Labute approximate surface area is 126 Å². The Morgan fingerprint density at radius 3 is 2.71 bits per heavy atom. The van der Waals surface area contributed by atoms with E-state index in [2.05, 4.69) is 20.2 Å². The van der Waals surface area contributed by atoms with Gasteiger partial charge in [0.2, 0.25) is 0 Å². The third-order valence-corrected chi connectivity index (χ3v) is 3.69. The fourth-order valence-electron chi connectivity index (χ4n) is 2.55. The third-order valence-electron chi connectivity index (χ3n) is 3.69. The molecule has 0 saturated carbocycles. The van der Waals surface area contributed by atoms with Crippen molar-refractivity contribution in [1.82, 2.24) is 14.9 Å². The maximum Gasteiger partial charge on any atom is 0.257 e. The first kappa shape index (κ1) is 16.0. The van der Waals surface area contributed by atoms with Crippen molar-refractivity contribution < 1.29 is 9.84 Å². The molecule has 0 spiro atoms. The molecule has 0 atom stereocenters. The highest BCUT2D eigenvalue weighted by molar-refractivity contribution is 5.44. The lowest BCUT2D eigenvalue weighted by Crippen LogP contribution is -2.37. The average Bonchev–Trinajstić information content (AvgIpc) is 2.48. The van der Waals surface area contributed by atoms with Crippen molar-refractivity contribution in [2.24, 2.45) is 5.92 Å². The Bertz CT molecular complexity index is 420. The highest BCUT2D eigenvalue weighted by Crippen LogP contribution is 2.22. The number of β-amino-alcohol motifs (C(OH)–C–C–N with tert-alkyl or cyclic N) is 1. The molecule has 6 heteroatoms. The topological polar surface area (TPSA) is 70.5 Å². The number of ether oxygens (including phenoxy) is 1. The lowest BCUT2D eigenvalue weighted by molar-refractivity contribution is 0.151.